The van der Waals surface area contributed by atoms with Crippen molar-refractivity contribution in [2.24, 2.45) is 0 Å². The van der Waals surface area contributed by atoms with Crippen LogP contribution in [0.1, 0.15) is 44.2 Å². The largest absolute Gasteiger partial charge is 0.391 e. The van der Waals surface area contributed by atoms with E-state index in [0.717, 1.165) is 29.4 Å². The Morgan fingerprint density at radius 3 is 2.65 bits per heavy atom. The fourth-order valence-electron chi connectivity index (χ4n) is 2.98. The second kappa shape index (κ2) is 6.92. The zero-order valence-corrected chi connectivity index (χ0v) is 14.2. The molecule has 0 aromatic heterocycles. The van der Waals surface area contributed by atoms with E-state index in [-0.39, 0.29) is 12.1 Å². The maximum Gasteiger partial charge on any atom is 0.0743 e. The van der Waals surface area contributed by atoms with Gasteiger partial charge < -0.3 is 15.3 Å². The summed E-state index contributed by atoms with van der Waals surface area (Å²) in [6, 6.07) is 7.03. The molecule has 2 N–H and O–H groups in total. The lowest BCUT2D eigenvalue weighted by molar-refractivity contribution is 0.106. The minimum Gasteiger partial charge on any atom is -0.391 e. The van der Waals surface area contributed by atoms with Gasteiger partial charge in [0.1, 0.15) is 0 Å². The van der Waals surface area contributed by atoms with E-state index in [1.54, 1.807) is 0 Å². The van der Waals surface area contributed by atoms with E-state index in [1.807, 2.05) is 7.05 Å². The van der Waals surface area contributed by atoms with Crippen LogP contribution >= 0.6 is 15.9 Å². The van der Waals surface area contributed by atoms with Crippen LogP contribution in [0.4, 0.5) is 5.69 Å². The molecule has 3 nitrogen and oxygen atoms in total. The first-order chi connectivity index (χ1) is 9.54. The highest BCUT2D eigenvalue weighted by Gasteiger charge is 2.27. The van der Waals surface area contributed by atoms with Crippen molar-refractivity contribution in [2.75, 3.05) is 19.0 Å². The molecular formula is C16H25BrN2O. The molecule has 0 radical (unpaired) electrons. The molecular weight excluding hydrogens is 316 g/mol. The Labute approximate surface area is 130 Å². The second-order valence-corrected chi connectivity index (χ2v) is 6.60. The predicted molar refractivity (Wildman–Crippen MR) is 88.3 cm³/mol. The van der Waals surface area contributed by atoms with Crippen LogP contribution in [0.2, 0.25) is 0 Å². The molecule has 1 aliphatic rings. The average Bonchev–Trinajstić information content (AvgIpc) is 2.46. The zero-order chi connectivity index (χ0) is 14.7. The summed E-state index contributed by atoms with van der Waals surface area (Å²) in [6.45, 7) is 2.15. The Bertz CT molecular complexity index is 452. The monoisotopic (exact) mass is 340 g/mol. The minimum absolute atomic E-state index is 0.205. The number of nitrogens with one attached hydrogen (secondary N) is 1. The number of likely N-dealkylation sites (N-methyl/N-ethyl adjacent to an activating group) is 1. The van der Waals surface area contributed by atoms with Crippen molar-refractivity contribution in [3.8, 4) is 0 Å². The molecule has 1 aliphatic carbocycles. The molecule has 0 aliphatic heterocycles. The van der Waals surface area contributed by atoms with Crippen molar-refractivity contribution in [3.05, 3.63) is 28.2 Å². The Morgan fingerprint density at radius 2 is 2.05 bits per heavy atom. The topological polar surface area (TPSA) is 35.5 Å². The summed E-state index contributed by atoms with van der Waals surface area (Å²) in [4.78, 5) is 2.22. The molecule has 0 bridgehead atoms. The molecule has 0 heterocycles. The first-order valence-corrected chi connectivity index (χ1v) is 8.21. The highest BCUT2D eigenvalue weighted by Crippen LogP contribution is 2.31. The number of nitrogens with zero attached hydrogens (tertiary/aromatic N) is 1. The van der Waals surface area contributed by atoms with E-state index >= 15 is 0 Å². The van der Waals surface area contributed by atoms with Gasteiger partial charge in [-0.2, -0.15) is 0 Å². The summed E-state index contributed by atoms with van der Waals surface area (Å²) in [5.74, 6) is 0. The van der Waals surface area contributed by atoms with E-state index in [1.165, 1.54) is 12.0 Å². The Kier molecular flexibility index (Phi) is 5.47. The van der Waals surface area contributed by atoms with Gasteiger partial charge in [-0.1, -0.05) is 34.8 Å². The second-order valence-electron chi connectivity index (χ2n) is 5.75. The van der Waals surface area contributed by atoms with Crippen LogP contribution in [0.3, 0.4) is 0 Å². The molecule has 20 heavy (non-hydrogen) atoms. The number of halogens is 1. The molecule has 0 amide bonds. The SMILES string of the molecule is CNC(C)c1ccc(N(C)C2CCCCC2O)cc1Br. The van der Waals surface area contributed by atoms with Gasteiger partial charge in [0, 0.05) is 23.2 Å². The number of anilines is 1. The zero-order valence-electron chi connectivity index (χ0n) is 12.6. The van der Waals surface area contributed by atoms with E-state index in [4.69, 9.17) is 0 Å². The molecule has 1 aromatic rings. The third-order valence-corrected chi connectivity index (χ3v) is 5.17. The average molecular weight is 341 g/mol. The van der Waals surface area contributed by atoms with Crippen molar-refractivity contribution >= 4 is 21.6 Å². The molecule has 0 saturated heterocycles. The molecule has 2 rings (SSSR count). The minimum atomic E-state index is -0.205. The maximum atomic E-state index is 10.2. The third-order valence-electron chi connectivity index (χ3n) is 4.48. The highest BCUT2D eigenvalue weighted by molar-refractivity contribution is 9.10. The summed E-state index contributed by atoms with van der Waals surface area (Å²) >= 11 is 3.67. The molecule has 3 unspecified atom stereocenters. The first-order valence-electron chi connectivity index (χ1n) is 7.42. The lowest BCUT2D eigenvalue weighted by Gasteiger charge is -2.37. The van der Waals surface area contributed by atoms with Gasteiger partial charge in [0.15, 0.2) is 0 Å². The summed E-state index contributed by atoms with van der Waals surface area (Å²) < 4.78 is 1.12. The van der Waals surface area contributed by atoms with Crippen molar-refractivity contribution in [3.63, 3.8) is 0 Å². The number of hydrogen-bond acceptors (Lipinski definition) is 3. The van der Waals surface area contributed by atoms with Gasteiger partial charge in [0.25, 0.3) is 0 Å². The van der Waals surface area contributed by atoms with Crippen LogP contribution in [-0.2, 0) is 0 Å². The number of rotatable bonds is 4. The molecule has 1 saturated carbocycles. The van der Waals surface area contributed by atoms with Crippen molar-refractivity contribution in [1.82, 2.24) is 5.32 Å². The summed E-state index contributed by atoms with van der Waals surface area (Å²) in [5.41, 5.74) is 2.42. The quantitative estimate of drug-likeness (QED) is 0.880. The predicted octanol–water partition coefficient (Wildman–Crippen LogP) is 3.47. The van der Waals surface area contributed by atoms with E-state index in [9.17, 15) is 5.11 Å². The highest BCUT2D eigenvalue weighted by atomic mass is 79.9. The molecule has 3 atom stereocenters. The van der Waals surface area contributed by atoms with E-state index in [0.29, 0.717) is 6.04 Å². The van der Waals surface area contributed by atoms with Crippen LogP contribution in [-0.4, -0.2) is 31.3 Å². The Hall–Kier alpha value is -0.580. The summed E-state index contributed by atoms with van der Waals surface area (Å²) in [7, 11) is 4.05. The fourth-order valence-corrected chi connectivity index (χ4v) is 3.69. The molecule has 1 fully saturated rings. The fraction of sp³-hybridized carbons (Fsp3) is 0.625. The maximum absolute atomic E-state index is 10.2. The van der Waals surface area contributed by atoms with Crippen molar-refractivity contribution in [1.29, 1.82) is 0 Å². The van der Waals surface area contributed by atoms with Gasteiger partial charge in [-0.3, -0.25) is 0 Å². The standard InChI is InChI=1S/C16H25BrN2O/c1-11(18-2)13-9-8-12(10-14(13)17)19(3)15-6-4-5-7-16(15)20/h8-11,15-16,18,20H,4-7H2,1-3H3. The molecule has 4 heteroatoms. The first kappa shape index (κ1) is 15.8. The van der Waals surface area contributed by atoms with E-state index in [2.05, 4.69) is 58.3 Å². The van der Waals surface area contributed by atoms with E-state index < -0.39 is 0 Å². The van der Waals surface area contributed by atoms with Crippen LogP contribution in [0.5, 0.6) is 0 Å². The molecule has 112 valence electrons. The number of benzene rings is 1. The van der Waals surface area contributed by atoms with Crippen molar-refractivity contribution < 1.29 is 5.11 Å². The Morgan fingerprint density at radius 1 is 1.35 bits per heavy atom. The van der Waals surface area contributed by atoms with Crippen LogP contribution in [0, 0.1) is 0 Å². The van der Waals surface area contributed by atoms with Crippen LogP contribution < -0.4 is 10.2 Å². The summed E-state index contributed by atoms with van der Waals surface area (Å²) in [5, 5.41) is 13.4. The Balaban J connectivity index is 2.18. The van der Waals surface area contributed by atoms with Gasteiger partial charge in [-0.05, 0) is 44.5 Å². The van der Waals surface area contributed by atoms with Crippen molar-refractivity contribution in [2.45, 2.75) is 50.8 Å². The molecule has 0 spiro atoms. The third kappa shape index (κ3) is 3.35. The van der Waals surface area contributed by atoms with Crippen LogP contribution in [0.15, 0.2) is 22.7 Å². The van der Waals surface area contributed by atoms with Gasteiger partial charge in [0.05, 0.1) is 12.1 Å². The molecule has 1 aromatic carbocycles. The lowest BCUT2D eigenvalue weighted by Crippen LogP contribution is -2.43. The normalized spacial score (nSPS) is 24.4. The number of aliphatic hydroxyl groups excluding tert-OH is 1. The van der Waals surface area contributed by atoms with Gasteiger partial charge in [0.2, 0.25) is 0 Å². The number of hydrogen-bond donors (Lipinski definition) is 2. The van der Waals surface area contributed by atoms with Gasteiger partial charge in [-0.25, -0.2) is 0 Å². The summed E-state index contributed by atoms with van der Waals surface area (Å²) in [6.07, 6.45) is 4.15. The van der Waals surface area contributed by atoms with Gasteiger partial charge >= 0.3 is 0 Å². The van der Waals surface area contributed by atoms with Crippen LogP contribution in [0.25, 0.3) is 0 Å². The number of aliphatic hydroxyl groups is 1. The van der Waals surface area contributed by atoms with Gasteiger partial charge in [-0.15, -0.1) is 0 Å². The smallest absolute Gasteiger partial charge is 0.0743 e. The lowest BCUT2D eigenvalue weighted by atomic mass is 9.91.